The van der Waals surface area contributed by atoms with E-state index in [0.29, 0.717) is 5.56 Å². The minimum Gasteiger partial charge on any atom is -0.502 e. The fourth-order valence-electron chi connectivity index (χ4n) is 1.97. The van der Waals surface area contributed by atoms with Crippen LogP contribution in [0.3, 0.4) is 0 Å². The van der Waals surface area contributed by atoms with E-state index in [0.717, 1.165) is 10.9 Å². The molecule has 1 heterocycles. The SMILES string of the molecule is CCOC(=O)/C(O)=C\c1cc(=O)n(C)c2ccccc12. The van der Waals surface area contributed by atoms with Crippen LogP contribution in [0.25, 0.3) is 17.0 Å². The molecular formula is C15H15NO4. The number of hydrogen-bond donors (Lipinski definition) is 1. The van der Waals surface area contributed by atoms with E-state index < -0.39 is 11.7 Å². The van der Waals surface area contributed by atoms with Gasteiger partial charge in [-0.15, -0.1) is 0 Å². The molecule has 104 valence electrons. The van der Waals surface area contributed by atoms with Crippen molar-refractivity contribution in [2.45, 2.75) is 6.92 Å². The first-order chi connectivity index (χ1) is 9.54. The molecule has 0 atom stereocenters. The van der Waals surface area contributed by atoms with Gasteiger partial charge in [0.2, 0.25) is 5.76 Å². The normalized spacial score (nSPS) is 11.6. The molecule has 1 aromatic carbocycles. The lowest BCUT2D eigenvalue weighted by Gasteiger charge is -2.07. The molecule has 2 rings (SSSR count). The van der Waals surface area contributed by atoms with Crippen molar-refractivity contribution in [3.05, 3.63) is 52.0 Å². The Morgan fingerprint density at radius 2 is 2.10 bits per heavy atom. The van der Waals surface area contributed by atoms with E-state index in [1.54, 1.807) is 20.0 Å². The van der Waals surface area contributed by atoms with Crippen LogP contribution in [0.1, 0.15) is 12.5 Å². The number of pyridine rings is 1. The molecule has 20 heavy (non-hydrogen) atoms. The summed E-state index contributed by atoms with van der Waals surface area (Å²) in [5.74, 6) is -1.33. The van der Waals surface area contributed by atoms with Crippen molar-refractivity contribution in [2.75, 3.05) is 6.61 Å². The van der Waals surface area contributed by atoms with Crippen molar-refractivity contribution in [1.82, 2.24) is 4.57 Å². The maximum atomic E-state index is 11.9. The number of esters is 1. The molecule has 0 aliphatic rings. The average Bonchev–Trinajstić information content (AvgIpc) is 2.44. The van der Waals surface area contributed by atoms with E-state index in [1.165, 1.54) is 16.7 Å². The van der Waals surface area contributed by atoms with E-state index >= 15 is 0 Å². The van der Waals surface area contributed by atoms with Gasteiger partial charge in [0.25, 0.3) is 5.56 Å². The van der Waals surface area contributed by atoms with Gasteiger partial charge in [-0.05, 0) is 24.6 Å². The molecule has 0 aliphatic carbocycles. The summed E-state index contributed by atoms with van der Waals surface area (Å²) in [5, 5.41) is 10.5. The summed E-state index contributed by atoms with van der Waals surface area (Å²) in [4.78, 5) is 23.3. The van der Waals surface area contributed by atoms with E-state index in [4.69, 9.17) is 4.74 Å². The van der Waals surface area contributed by atoms with Gasteiger partial charge in [-0.1, -0.05) is 18.2 Å². The number of fused-ring (bicyclic) bond motifs is 1. The van der Waals surface area contributed by atoms with Crippen molar-refractivity contribution < 1.29 is 14.6 Å². The summed E-state index contributed by atoms with van der Waals surface area (Å²) < 4.78 is 6.21. The highest BCUT2D eigenvalue weighted by Gasteiger charge is 2.10. The standard InChI is InChI=1S/C15H15NO4/c1-3-20-15(19)13(17)8-10-9-14(18)16(2)12-7-5-4-6-11(10)12/h4-9,17H,3H2,1-2H3/b13-8+. The lowest BCUT2D eigenvalue weighted by molar-refractivity contribution is -0.141. The highest BCUT2D eigenvalue weighted by Crippen LogP contribution is 2.18. The van der Waals surface area contributed by atoms with Gasteiger partial charge < -0.3 is 14.4 Å². The van der Waals surface area contributed by atoms with Gasteiger partial charge in [-0.2, -0.15) is 0 Å². The lowest BCUT2D eigenvalue weighted by atomic mass is 10.1. The smallest absolute Gasteiger partial charge is 0.373 e. The second-order valence-corrected chi connectivity index (χ2v) is 4.26. The van der Waals surface area contributed by atoms with Crippen LogP contribution in [-0.4, -0.2) is 22.2 Å². The van der Waals surface area contributed by atoms with Gasteiger partial charge in [0.05, 0.1) is 12.1 Å². The number of rotatable bonds is 3. The number of aryl methyl sites for hydroxylation is 1. The topological polar surface area (TPSA) is 68.5 Å². The minimum atomic E-state index is -0.808. The molecule has 0 saturated carbocycles. The Kier molecular flexibility index (Phi) is 3.89. The summed E-state index contributed by atoms with van der Waals surface area (Å²) in [7, 11) is 1.67. The van der Waals surface area contributed by atoms with E-state index in [-0.39, 0.29) is 12.2 Å². The molecule has 1 aromatic heterocycles. The summed E-state index contributed by atoms with van der Waals surface area (Å²) >= 11 is 0. The number of aliphatic hydroxyl groups excluding tert-OH is 1. The van der Waals surface area contributed by atoms with Gasteiger partial charge in [0.1, 0.15) is 0 Å². The second kappa shape index (κ2) is 5.61. The zero-order chi connectivity index (χ0) is 14.7. The number of ether oxygens (including phenoxy) is 1. The third-order valence-electron chi connectivity index (χ3n) is 2.96. The summed E-state index contributed by atoms with van der Waals surface area (Å²) in [6.45, 7) is 1.83. The molecule has 0 fully saturated rings. The van der Waals surface area contributed by atoms with Gasteiger partial charge >= 0.3 is 5.97 Å². The summed E-state index contributed by atoms with van der Waals surface area (Å²) in [5.41, 5.74) is 0.990. The summed E-state index contributed by atoms with van der Waals surface area (Å²) in [6, 6.07) is 8.64. The second-order valence-electron chi connectivity index (χ2n) is 4.26. The van der Waals surface area contributed by atoms with Crippen LogP contribution in [0.5, 0.6) is 0 Å². The van der Waals surface area contributed by atoms with E-state index in [9.17, 15) is 14.7 Å². The molecule has 0 aliphatic heterocycles. The largest absolute Gasteiger partial charge is 0.502 e. The van der Waals surface area contributed by atoms with Crippen LogP contribution in [0, 0.1) is 0 Å². The number of benzene rings is 1. The van der Waals surface area contributed by atoms with Crippen molar-refractivity contribution in [1.29, 1.82) is 0 Å². The molecule has 1 N–H and O–H groups in total. The van der Waals surface area contributed by atoms with Gasteiger partial charge in [0, 0.05) is 18.5 Å². The van der Waals surface area contributed by atoms with Crippen molar-refractivity contribution in [3.63, 3.8) is 0 Å². The molecule has 5 nitrogen and oxygen atoms in total. The number of aliphatic hydroxyl groups is 1. The first-order valence-corrected chi connectivity index (χ1v) is 6.21. The first-order valence-electron chi connectivity index (χ1n) is 6.21. The van der Waals surface area contributed by atoms with Gasteiger partial charge in [-0.3, -0.25) is 4.79 Å². The number of hydrogen-bond acceptors (Lipinski definition) is 4. The molecule has 0 unspecified atom stereocenters. The van der Waals surface area contributed by atoms with Gasteiger partial charge in [0.15, 0.2) is 0 Å². The number of carbonyl (C=O) groups excluding carboxylic acids is 1. The van der Waals surface area contributed by atoms with Gasteiger partial charge in [-0.25, -0.2) is 4.79 Å². The lowest BCUT2D eigenvalue weighted by Crippen LogP contribution is -2.16. The highest BCUT2D eigenvalue weighted by atomic mass is 16.5. The van der Waals surface area contributed by atoms with Crippen LogP contribution in [0.15, 0.2) is 40.9 Å². The zero-order valence-corrected chi connectivity index (χ0v) is 11.3. The molecule has 0 saturated heterocycles. The minimum absolute atomic E-state index is 0.175. The Morgan fingerprint density at radius 1 is 1.40 bits per heavy atom. The Bertz CT molecular complexity index is 743. The zero-order valence-electron chi connectivity index (χ0n) is 11.3. The Labute approximate surface area is 115 Å². The Hall–Kier alpha value is -2.56. The van der Waals surface area contributed by atoms with E-state index in [1.807, 2.05) is 18.2 Å². The average molecular weight is 273 g/mol. The van der Waals surface area contributed by atoms with Crippen molar-refractivity contribution >= 4 is 22.9 Å². The maximum absolute atomic E-state index is 11.9. The number of carbonyl (C=O) groups is 1. The van der Waals surface area contributed by atoms with Crippen molar-refractivity contribution in [2.24, 2.45) is 7.05 Å². The van der Waals surface area contributed by atoms with Crippen LogP contribution in [0.4, 0.5) is 0 Å². The molecule has 0 radical (unpaired) electrons. The molecule has 0 bridgehead atoms. The van der Waals surface area contributed by atoms with Crippen LogP contribution >= 0.6 is 0 Å². The molecule has 2 aromatic rings. The van der Waals surface area contributed by atoms with Crippen LogP contribution in [-0.2, 0) is 16.6 Å². The summed E-state index contributed by atoms with van der Waals surface area (Å²) in [6.07, 6.45) is 1.25. The number of aromatic nitrogens is 1. The molecule has 0 spiro atoms. The maximum Gasteiger partial charge on any atom is 0.373 e. The number of para-hydroxylation sites is 1. The number of nitrogens with zero attached hydrogens (tertiary/aromatic N) is 1. The van der Waals surface area contributed by atoms with Crippen LogP contribution < -0.4 is 5.56 Å². The third kappa shape index (κ3) is 2.56. The monoisotopic (exact) mass is 273 g/mol. The van der Waals surface area contributed by atoms with E-state index in [2.05, 4.69) is 0 Å². The van der Waals surface area contributed by atoms with Crippen molar-refractivity contribution in [3.8, 4) is 0 Å². The molecular weight excluding hydrogens is 258 g/mol. The fourth-order valence-corrected chi connectivity index (χ4v) is 1.97. The highest BCUT2D eigenvalue weighted by molar-refractivity contribution is 5.95. The third-order valence-corrected chi connectivity index (χ3v) is 2.96. The molecule has 5 heteroatoms. The molecule has 0 amide bonds. The Morgan fingerprint density at radius 3 is 2.80 bits per heavy atom. The predicted octanol–water partition coefficient (Wildman–Crippen LogP) is 2.00. The Balaban J connectivity index is 2.61. The fraction of sp³-hybridized carbons (Fsp3) is 0.200. The predicted molar refractivity (Wildman–Crippen MR) is 76.4 cm³/mol. The first kappa shape index (κ1) is 13.9. The quantitative estimate of drug-likeness (QED) is 0.527. The van der Waals surface area contributed by atoms with Crippen LogP contribution in [0.2, 0.25) is 0 Å².